The molecule has 0 heterocycles. The van der Waals surface area contributed by atoms with Crippen LogP contribution in [0.1, 0.15) is 11.1 Å². The minimum Gasteiger partial charge on any atom is -0.0622 e. The van der Waals surface area contributed by atoms with Gasteiger partial charge in [0, 0.05) is 0 Å². The van der Waals surface area contributed by atoms with Crippen molar-refractivity contribution in [2.45, 2.75) is 13.8 Å². The second-order valence-electron chi connectivity index (χ2n) is 11.4. The van der Waals surface area contributed by atoms with E-state index >= 15 is 0 Å². The molecule has 0 heteroatoms. The lowest BCUT2D eigenvalue weighted by Gasteiger charge is -2.17. The van der Waals surface area contributed by atoms with Gasteiger partial charge in [0.1, 0.15) is 0 Å². The second-order valence-corrected chi connectivity index (χ2v) is 11.4. The third-order valence-corrected chi connectivity index (χ3v) is 8.91. The molecule has 0 saturated carbocycles. The molecule has 0 amide bonds. The molecule has 7 aromatic carbocycles. The highest BCUT2D eigenvalue weighted by Gasteiger charge is 2.25. The van der Waals surface area contributed by atoms with E-state index in [4.69, 9.17) is 0 Å². The first-order valence-corrected chi connectivity index (χ1v) is 14.7. The molecule has 0 fully saturated rings. The molecule has 8 rings (SSSR count). The topological polar surface area (TPSA) is 0 Å². The van der Waals surface area contributed by atoms with Crippen molar-refractivity contribution in [3.63, 3.8) is 0 Å². The van der Waals surface area contributed by atoms with Crippen molar-refractivity contribution in [2.24, 2.45) is 0 Å². The van der Waals surface area contributed by atoms with Gasteiger partial charge in [-0.2, -0.15) is 0 Å². The van der Waals surface area contributed by atoms with Crippen molar-refractivity contribution in [3.05, 3.63) is 157 Å². The van der Waals surface area contributed by atoms with E-state index < -0.39 is 0 Å². The van der Waals surface area contributed by atoms with Gasteiger partial charge in [0.15, 0.2) is 0 Å². The lowest BCUT2D eigenvalue weighted by atomic mass is 9.86. The van der Waals surface area contributed by atoms with Crippen LogP contribution in [0.4, 0.5) is 0 Å². The van der Waals surface area contributed by atoms with Gasteiger partial charge in [0.05, 0.1) is 0 Å². The molecule has 0 spiro atoms. The lowest BCUT2D eigenvalue weighted by molar-refractivity contribution is 1.38. The van der Waals surface area contributed by atoms with Crippen LogP contribution in [0.2, 0.25) is 0 Å². The third-order valence-electron chi connectivity index (χ3n) is 8.91. The Hall–Kier alpha value is -5.20. The van der Waals surface area contributed by atoms with Crippen molar-refractivity contribution in [1.29, 1.82) is 0 Å². The highest BCUT2D eigenvalue weighted by Crippen LogP contribution is 2.51. The Balaban J connectivity index is 1.37. The molecule has 0 atom stereocenters. The van der Waals surface area contributed by atoms with E-state index in [1.807, 2.05) is 0 Å². The Labute approximate surface area is 247 Å². The molecule has 0 saturated heterocycles. The van der Waals surface area contributed by atoms with E-state index in [1.54, 1.807) is 0 Å². The van der Waals surface area contributed by atoms with Gasteiger partial charge < -0.3 is 0 Å². The molecule has 0 N–H and O–H groups in total. The molecule has 7 aromatic rings. The summed E-state index contributed by atoms with van der Waals surface area (Å²) in [4.78, 5) is 0. The molecule has 42 heavy (non-hydrogen) atoms. The molecule has 198 valence electrons. The van der Waals surface area contributed by atoms with Crippen molar-refractivity contribution >= 4 is 10.8 Å². The average molecular weight is 535 g/mol. The zero-order valence-electron chi connectivity index (χ0n) is 23.9. The zero-order valence-corrected chi connectivity index (χ0v) is 23.9. The van der Waals surface area contributed by atoms with E-state index in [0.29, 0.717) is 0 Å². The summed E-state index contributed by atoms with van der Waals surface area (Å²) in [5.74, 6) is 0. The Morgan fingerprint density at radius 1 is 0.310 bits per heavy atom. The highest BCUT2D eigenvalue weighted by atomic mass is 14.3. The number of aryl methyl sites for hydroxylation is 2. The number of hydrogen-bond acceptors (Lipinski definition) is 0. The summed E-state index contributed by atoms with van der Waals surface area (Å²) in [6.45, 7) is 4.45. The molecule has 0 aromatic heterocycles. The van der Waals surface area contributed by atoms with Gasteiger partial charge in [0.2, 0.25) is 0 Å². The SMILES string of the molecule is Cc1cccc(C)c1-c1ccc2c3c(cccc13)-c1cc(-c3c(-c4ccccc4)cccc3-c3ccccc3)ccc1-2. The third kappa shape index (κ3) is 3.76. The summed E-state index contributed by atoms with van der Waals surface area (Å²) >= 11 is 0. The number of benzene rings is 7. The first kappa shape index (κ1) is 24.6. The van der Waals surface area contributed by atoms with E-state index in [2.05, 4.69) is 159 Å². The van der Waals surface area contributed by atoms with Crippen LogP contribution in [0.3, 0.4) is 0 Å². The van der Waals surface area contributed by atoms with E-state index in [0.717, 1.165) is 0 Å². The number of fused-ring (bicyclic) bond motifs is 3. The minimum absolute atomic E-state index is 1.23. The average Bonchev–Trinajstić information content (AvgIpc) is 3.36. The zero-order chi connectivity index (χ0) is 28.2. The minimum atomic E-state index is 1.23. The van der Waals surface area contributed by atoms with Gasteiger partial charge in [-0.3, -0.25) is 0 Å². The fraction of sp³-hybridized carbons (Fsp3) is 0.0476. The van der Waals surface area contributed by atoms with Crippen LogP contribution < -0.4 is 0 Å². The lowest BCUT2D eigenvalue weighted by Crippen LogP contribution is -1.91. The quantitative estimate of drug-likeness (QED) is 0.211. The normalized spacial score (nSPS) is 11.6. The van der Waals surface area contributed by atoms with E-state index in [1.165, 1.54) is 88.7 Å². The molecule has 1 aliphatic carbocycles. The van der Waals surface area contributed by atoms with E-state index in [9.17, 15) is 0 Å². The molecule has 0 aliphatic heterocycles. The Morgan fingerprint density at radius 3 is 1.50 bits per heavy atom. The number of hydrogen-bond donors (Lipinski definition) is 0. The monoisotopic (exact) mass is 534 g/mol. The summed E-state index contributed by atoms with van der Waals surface area (Å²) in [5, 5.41) is 2.69. The molecule has 0 bridgehead atoms. The molecule has 1 aliphatic rings. The first-order valence-electron chi connectivity index (χ1n) is 14.7. The first-order chi connectivity index (χ1) is 20.7. The van der Waals surface area contributed by atoms with Gasteiger partial charge in [0.25, 0.3) is 0 Å². The summed E-state index contributed by atoms with van der Waals surface area (Å²) in [5.41, 5.74) is 18.1. The predicted molar refractivity (Wildman–Crippen MR) is 180 cm³/mol. The summed E-state index contributed by atoms with van der Waals surface area (Å²) in [6.07, 6.45) is 0. The maximum absolute atomic E-state index is 2.43. The molecule has 0 radical (unpaired) electrons. The highest BCUT2D eigenvalue weighted by molar-refractivity contribution is 6.19. The standard InChI is InChI=1S/C42H30/c1-27-12-9-13-28(2)40(27)38-25-24-37-34-23-22-31(26-39(34)36-21-11-20-35(38)42(36)37)41-32(29-14-5-3-6-15-29)18-10-19-33(41)30-16-7-4-8-17-30/h3-26H,1-2H3. The van der Waals surface area contributed by atoms with Crippen molar-refractivity contribution < 1.29 is 0 Å². The fourth-order valence-electron chi connectivity index (χ4n) is 7.05. The van der Waals surface area contributed by atoms with Crippen LogP contribution in [0, 0.1) is 13.8 Å². The summed E-state index contributed by atoms with van der Waals surface area (Å²) in [6, 6.07) is 53.4. The van der Waals surface area contributed by atoms with Gasteiger partial charge in [-0.05, 0) is 109 Å². The Morgan fingerprint density at radius 2 is 0.833 bits per heavy atom. The Bertz CT molecular complexity index is 2050. The van der Waals surface area contributed by atoms with E-state index in [-0.39, 0.29) is 0 Å². The van der Waals surface area contributed by atoms with Crippen LogP contribution in [0.25, 0.3) is 77.5 Å². The van der Waals surface area contributed by atoms with Crippen LogP contribution >= 0.6 is 0 Å². The van der Waals surface area contributed by atoms with Gasteiger partial charge in [-0.15, -0.1) is 0 Å². The smallest absolute Gasteiger partial charge is 0.00201 e. The number of rotatable bonds is 4. The second kappa shape index (κ2) is 9.72. The molecular formula is C42H30. The van der Waals surface area contributed by atoms with Crippen molar-refractivity contribution in [3.8, 4) is 66.8 Å². The van der Waals surface area contributed by atoms with Gasteiger partial charge >= 0.3 is 0 Å². The molecule has 0 unspecified atom stereocenters. The Kier molecular flexibility index (Phi) is 5.69. The van der Waals surface area contributed by atoms with Gasteiger partial charge in [-0.1, -0.05) is 140 Å². The van der Waals surface area contributed by atoms with Crippen molar-refractivity contribution in [2.75, 3.05) is 0 Å². The van der Waals surface area contributed by atoms with Crippen molar-refractivity contribution in [1.82, 2.24) is 0 Å². The van der Waals surface area contributed by atoms with Crippen LogP contribution in [-0.2, 0) is 0 Å². The van der Waals surface area contributed by atoms with Gasteiger partial charge in [-0.25, -0.2) is 0 Å². The molecule has 0 nitrogen and oxygen atoms in total. The van der Waals surface area contributed by atoms with Crippen LogP contribution in [0.15, 0.2) is 146 Å². The van der Waals surface area contributed by atoms with Crippen LogP contribution in [-0.4, -0.2) is 0 Å². The summed E-state index contributed by atoms with van der Waals surface area (Å²) < 4.78 is 0. The maximum Gasteiger partial charge on any atom is -0.00201 e. The maximum atomic E-state index is 2.43. The van der Waals surface area contributed by atoms with Crippen LogP contribution in [0.5, 0.6) is 0 Å². The predicted octanol–water partition coefficient (Wildman–Crippen LogP) is 11.8. The fourth-order valence-corrected chi connectivity index (χ4v) is 7.05. The summed E-state index contributed by atoms with van der Waals surface area (Å²) in [7, 11) is 0. The molecular weight excluding hydrogens is 504 g/mol. The largest absolute Gasteiger partial charge is 0.0622 e.